The first-order valence-electron chi connectivity index (χ1n) is 8.11. The van der Waals surface area contributed by atoms with Gasteiger partial charge in [0.15, 0.2) is 0 Å². The van der Waals surface area contributed by atoms with Crippen molar-refractivity contribution in [3.8, 4) is 5.75 Å². The zero-order valence-electron chi connectivity index (χ0n) is 14.3. The molecule has 138 valence electrons. The fourth-order valence-corrected chi connectivity index (χ4v) is 4.55. The Labute approximate surface area is 158 Å². The van der Waals surface area contributed by atoms with Gasteiger partial charge < -0.3 is 9.64 Å². The molecule has 0 spiro atoms. The minimum absolute atomic E-state index is 0.118. The van der Waals surface area contributed by atoms with Crippen LogP contribution in [0.5, 0.6) is 5.75 Å². The van der Waals surface area contributed by atoms with Gasteiger partial charge in [0.2, 0.25) is 10.0 Å². The molecule has 0 bridgehead atoms. The Bertz CT molecular complexity index is 892. The lowest BCUT2D eigenvalue weighted by Crippen LogP contribution is -2.50. The van der Waals surface area contributed by atoms with Crippen LogP contribution in [0.4, 0.5) is 0 Å². The standard InChI is InChI=1S/C18H19ClN2O4S/c1-25-16-7-5-14(6-8-16)18(22)20-9-11-21(12-10-20)26(23,24)17-4-2-3-15(19)13-17/h2-8,13H,9-12H2,1H3. The summed E-state index contributed by atoms with van der Waals surface area (Å²) in [7, 11) is -2.05. The quantitative estimate of drug-likeness (QED) is 0.799. The van der Waals surface area contributed by atoms with Gasteiger partial charge in [0.25, 0.3) is 5.91 Å². The molecule has 1 saturated heterocycles. The maximum atomic E-state index is 12.7. The molecule has 2 aromatic carbocycles. The molecule has 0 atom stereocenters. The highest BCUT2D eigenvalue weighted by Gasteiger charge is 2.30. The average molecular weight is 395 g/mol. The first-order valence-corrected chi connectivity index (χ1v) is 9.92. The molecule has 1 fully saturated rings. The molecule has 1 heterocycles. The van der Waals surface area contributed by atoms with Crippen molar-refractivity contribution in [1.29, 1.82) is 0 Å². The summed E-state index contributed by atoms with van der Waals surface area (Å²) in [5.41, 5.74) is 0.553. The van der Waals surface area contributed by atoms with E-state index >= 15 is 0 Å². The summed E-state index contributed by atoms with van der Waals surface area (Å²) in [6, 6.07) is 13.1. The highest BCUT2D eigenvalue weighted by Crippen LogP contribution is 2.21. The second-order valence-corrected chi connectivity index (χ2v) is 8.26. The first kappa shape index (κ1) is 18.7. The van der Waals surface area contributed by atoms with Crippen LogP contribution in [-0.4, -0.2) is 56.8 Å². The van der Waals surface area contributed by atoms with E-state index in [9.17, 15) is 13.2 Å². The van der Waals surface area contributed by atoms with Crippen LogP contribution in [0.1, 0.15) is 10.4 Å². The van der Waals surface area contributed by atoms with Crippen molar-refractivity contribution in [2.24, 2.45) is 0 Å². The molecule has 1 aliphatic rings. The van der Waals surface area contributed by atoms with Gasteiger partial charge in [-0.3, -0.25) is 4.79 Å². The van der Waals surface area contributed by atoms with Crippen LogP contribution >= 0.6 is 11.6 Å². The maximum Gasteiger partial charge on any atom is 0.253 e. The number of sulfonamides is 1. The fraction of sp³-hybridized carbons (Fsp3) is 0.278. The third-order valence-corrected chi connectivity index (χ3v) is 6.43. The normalized spacial score (nSPS) is 15.7. The molecule has 1 amide bonds. The van der Waals surface area contributed by atoms with Gasteiger partial charge in [0.1, 0.15) is 5.75 Å². The Morgan fingerprint density at radius 1 is 1.04 bits per heavy atom. The Morgan fingerprint density at radius 3 is 2.27 bits per heavy atom. The Hall–Kier alpha value is -2.09. The number of nitrogens with zero attached hydrogens (tertiary/aromatic N) is 2. The molecular formula is C18H19ClN2O4S. The van der Waals surface area contributed by atoms with Crippen LogP contribution in [0.3, 0.4) is 0 Å². The van der Waals surface area contributed by atoms with Crippen molar-refractivity contribution in [1.82, 2.24) is 9.21 Å². The van der Waals surface area contributed by atoms with Gasteiger partial charge in [0, 0.05) is 36.8 Å². The number of carbonyl (C=O) groups is 1. The second kappa shape index (κ2) is 7.65. The van der Waals surface area contributed by atoms with E-state index in [2.05, 4.69) is 0 Å². The van der Waals surface area contributed by atoms with Crippen molar-refractivity contribution in [2.75, 3.05) is 33.3 Å². The Balaban J connectivity index is 1.67. The molecule has 1 aliphatic heterocycles. The van der Waals surface area contributed by atoms with E-state index in [1.54, 1.807) is 48.4 Å². The monoisotopic (exact) mass is 394 g/mol. The summed E-state index contributed by atoms with van der Waals surface area (Å²) in [4.78, 5) is 14.4. The lowest BCUT2D eigenvalue weighted by atomic mass is 10.2. The number of methoxy groups -OCH3 is 1. The zero-order chi connectivity index (χ0) is 18.7. The van der Waals surface area contributed by atoms with E-state index in [0.717, 1.165) is 0 Å². The third kappa shape index (κ3) is 3.85. The molecule has 0 unspecified atom stereocenters. The molecule has 6 nitrogen and oxygen atoms in total. The van der Waals surface area contributed by atoms with E-state index < -0.39 is 10.0 Å². The van der Waals surface area contributed by atoms with Crippen LogP contribution < -0.4 is 4.74 Å². The molecule has 0 saturated carbocycles. The molecule has 26 heavy (non-hydrogen) atoms. The van der Waals surface area contributed by atoms with E-state index in [-0.39, 0.29) is 23.9 Å². The van der Waals surface area contributed by atoms with Gasteiger partial charge in [0.05, 0.1) is 12.0 Å². The minimum atomic E-state index is -3.61. The summed E-state index contributed by atoms with van der Waals surface area (Å²) >= 11 is 5.90. The van der Waals surface area contributed by atoms with Crippen LogP contribution in [-0.2, 0) is 10.0 Å². The van der Waals surface area contributed by atoms with Gasteiger partial charge in [-0.25, -0.2) is 8.42 Å². The molecule has 3 rings (SSSR count). The van der Waals surface area contributed by atoms with Crippen molar-refractivity contribution in [3.05, 3.63) is 59.1 Å². The van der Waals surface area contributed by atoms with Gasteiger partial charge >= 0.3 is 0 Å². The smallest absolute Gasteiger partial charge is 0.253 e. The number of amides is 1. The zero-order valence-corrected chi connectivity index (χ0v) is 15.8. The summed E-state index contributed by atoms with van der Waals surface area (Å²) in [6.45, 7) is 1.17. The third-order valence-electron chi connectivity index (χ3n) is 4.30. The lowest BCUT2D eigenvalue weighted by molar-refractivity contribution is 0.0698. The number of piperazine rings is 1. The van der Waals surface area contributed by atoms with Gasteiger partial charge in [-0.05, 0) is 42.5 Å². The average Bonchev–Trinajstić information content (AvgIpc) is 2.67. The van der Waals surface area contributed by atoms with Gasteiger partial charge in [-0.1, -0.05) is 17.7 Å². The predicted octanol–water partition coefficient (Wildman–Crippen LogP) is 2.50. The highest BCUT2D eigenvalue weighted by molar-refractivity contribution is 7.89. The SMILES string of the molecule is COc1ccc(C(=O)N2CCN(S(=O)(=O)c3cccc(Cl)c3)CC2)cc1. The maximum absolute atomic E-state index is 12.7. The van der Waals surface area contributed by atoms with Crippen molar-refractivity contribution < 1.29 is 17.9 Å². The number of carbonyl (C=O) groups excluding carboxylic acids is 1. The second-order valence-electron chi connectivity index (χ2n) is 5.88. The minimum Gasteiger partial charge on any atom is -0.497 e. The lowest BCUT2D eigenvalue weighted by Gasteiger charge is -2.34. The highest BCUT2D eigenvalue weighted by atomic mass is 35.5. The van der Waals surface area contributed by atoms with Crippen molar-refractivity contribution in [2.45, 2.75) is 4.90 Å². The molecule has 0 radical (unpaired) electrons. The van der Waals surface area contributed by atoms with Gasteiger partial charge in [-0.2, -0.15) is 4.31 Å². The van der Waals surface area contributed by atoms with Crippen molar-refractivity contribution in [3.63, 3.8) is 0 Å². The fourth-order valence-electron chi connectivity index (χ4n) is 2.82. The number of halogens is 1. The molecular weight excluding hydrogens is 376 g/mol. The van der Waals surface area contributed by atoms with Crippen LogP contribution in [0, 0.1) is 0 Å². The van der Waals surface area contributed by atoms with Crippen LogP contribution in [0.15, 0.2) is 53.4 Å². The topological polar surface area (TPSA) is 66.9 Å². The molecule has 0 N–H and O–H groups in total. The van der Waals surface area contributed by atoms with E-state index in [0.29, 0.717) is 29.4 Å². The Morgan fingerprint density at radius 2 is 1.69 bits per heavy atom. The number of ether oxygens (including phenoxy) is 1. The van der Waals surface area contributed by atoms with Crippen molar-refractivity contribution >= 4 is 27.5 Å². The van der Waals surface area contributed by atoms with E-state index in [4.69, 9.17) is 16.3 Å². The van der Waals surface area contributed by atoms with E-state index in [1.165, 1.54) is 16.4 Å². The molecule has 2 aromatic rings. The molecule has 8 heteroatoms. The number of hydrogen-bond acceptors (Lipinski definition) is 4. The van der Waals surface area contributed by atoms with E-state index in [1.807, 2.05) is 0 Å². The van der Waals surface area contributed by atoms with Gasteiger partial charge in [-0.15, -0.1) is 0 Å². The summed E-state index contributed by atoms with van der Waals surface area (Å²) < 4.78 is 31.9. The molecule has 0 aromatic heterocycles. The van der Waals surface area contributed by atoms with Crippen LogP contribution in [0.2, 0.25) is 5.02 Å². The summed E-state index contributed by atoms with van der Waals surface area (Å²) in [5, 5.41) is 0.374. The number of hydrogen-bond donors (Lipinski definition) is 0. The Kier molecular flexibility index (Phi) is 5.50. The predicted molar refractivity (Wildman–Crippen MR) is 99.1 cm³/mol. The number of benzene rings is 2. The summed E-state index contributed by atoms with van der Waals surface area (Å²) in [5.74, 6) is 0.562. The molecule has 0 aliphatic carbocycles. The largest absolute Gasteiger partial charge is 0.497 e. The first-order chi connectivity index (χ1) is 12.4. The summed E-state index contributed by atoms with van der Waals surface area (Å²) in [6.07, 6.45) is 0. The van der Waals surface area contributed by atoms with Crippen LogP contribution in [0.25, 0.3) is 0 Å². The number of rotatable bonds is 4.